The topological polar surface area (TPSA) is 24.5 Å². The van der Waals surface area contributed by atoms with E-state index in [4.69, 9.17) is 4.74 Å². The van der Waals surface area contributed by atoms with Gasteiger partial charge in [0, 0.05) is 31.9 Å². The highest BCUT2D eigenvalue weighted by Gasteiger charge is 2.19. The molecule has 98 valence electrons. The lowest BCUT2D eigenvalue weighted by Crippen LogP contribution is -2.28. The summed E-state index contributed by atoms with van der Waals surface area (Å²) in [5, 5.41) is 3.51. The van der Waals surface area contributed by atoms with Crippen LogP contribution in [-0.4, -0.2) is 37.7 Å². The second kappa shape index (κ2) is 5.29. The van der Waals surface area contributed by atoms with E-state index < -0.39 is 0 Å². The summed E-state index contributed by atoms with van der Waals surface area (Å²) < 4.78 is 5.70. The van der Waals surface area contributed by atoms with E-state index in [1.165, 1.54) is 36.1 Å². The van der Waals surface area contributed by atoms with Gasteiger partial charge in [-0.3, -0.25) is 4.90 Å². The van der Waals surface area contributed by atoms with Crippen LogP contribution in [0.25, 0.3) is 0 Å². The van der Waals surface area contributed by atoms with Gasteiger partial charge in [0.1, 0.15) is 0 Å². The minimum atomic E-state index is 0.444. The Morgan fingerprint density at radius 1 is 1.44 bits per heavy atom. The third kappa shape index (κ3) is 2.52. The second-order valence-electron chi connectivity index (χ2n) is 5.46. The standard InChI is InChI=1S/C15H22N2O/c1-17(11-14-6-3-9-18-14)10-13-5-2-4-12-7-8-16-15(12)13/h2,4-5,14,16H,3,6-11H2,1H3/t14-/m1/s1. The molecule has 0 aliphatic carbocycles. The number of anilines is 1. The van der Waals surface area contributed by atoms with Gasteiger partial charge >= 0.3 is 0 Å². The number of rotatable bonds is 4. The average Bonchev–Trinajstić information content (AvgIpc) is 2.99. The minimum absolute atomic E-state index is 0.444. The zero-order valence-corrected chi connectivity index (χ0v) is 11.1. The Labute approximate surface area is 109 Å². The smallest absolute Gasteiger partial charge is 0.0702 e. The molecule has 2 aliphatic rings. The summed E-state index contributed by atoms with van der Waals surface area (Å²) in [7, 11) is 2.19. The molecule has 1 atom stereocenters. The largest absolute Gasteiger partial charge is 0.384 e. The van der Waals surface area contributed by atoms with Crippen molar-refractivity contribution in [3.05, 3.63) is 29.3 Å². The highest BCUT2D eigenvalue weighted by atomic mass is 16.5. The normalized spacial score (nSPS) is 22.2. The van der Waals surface area contributed by atoms with Crippen molar-refractivity contribution < 1.29 is 4.74 Å². The van der Waals surface area contributed by atoms with E-state index in [9.17, 15) is 0 Å². The second-order valence-corrected chi connectivity index (χ2v) is 5.46. The quantitative estimate of drug-likeness (QED) is 0.882. The fourth-order valence-corrected chi connectivity index (χ4v) is 3.03. The number of ether oxygens (including phenoxy) is 1. The molecule has 18 heavy (non-hydrogen) atoms. The number of para-hydroxylation sites is 1. The molecule has 0 radical (unpaired) electrons. The summed E-state index contributed by atoms with van der Waals surface area (Å²) in [6.45, 7) is 4.09. The van der Waals surface area contributed by atoms with Crippen LogP contribution in [0.3, 0.4) is 0 Å². The van der Waals surface area contributed by atoms with Crippen molar-refractivity contribution in [2.45, 2.75) is 31.9 Å². The third-order valence-corrected chi connectivity index (χ3v) is 3.91. The molecule has 0 unspecified atom stereocenters. The van der Waals surface area contributed by atoms with Crippen LogP contribution in [0.2, 0.25) is 0 Å². The SMILES string of the molecule is CN(Cc1cccc2c1NCC2)C[C@H]1CCCO1. The molecule has 0 spiro atoms. The summed E-state index contributed by atoms with van der Waals surface area (Å²) in [6, 6.07) is 6.66. The Morgan fingerprint density at radius 2 is 2.39 bits per heavy atom. The zero-order chi connectivity index (χ0) is 12.4. The Kier molecular flexibility index (Phi) is 3.52. The zero-order valence-electron chi connectivity index (χ0n) is 11.1. The van der Waals surface area contributed by atoms with E-state index in [2.05, 4.69) is 35.5 Å². The van der Waals surface area contributed by atoms with Crippen molar-refractivity contribution in [1.29, 1.82) is 0 Å². The van der Waals surface area contributed by atoms with Crippen LogP contribution >= 0.6 is 0 Å². The molecule has 0 aromatic heterocycles. The molecule has 3 nitrogen and oxygen atoms in total. The van der Waals surface area contributed by atoms with Crippen molar-refractivity contribution in [3.63, 3.8) is 0 Å². The summed E-state index contributed by atoms with van der Waals surface area (Å²) >= 11 is 0. The molecule has 1 fully saturated rings. The molecular formula is C15H22N2O. The van der Waals surface area contributed by atoms with Crippen LogP contribution in [0, 0.1) is 0 Å². The Hall–Kier alpha value is -1.06. The van der Waals surface area contributed by atoms with E-state index in [1.807, 2.05) is 0 Å². The van der Waals surface area contributed by atoms with Crippen LogP contribution in [0.5, 0.6) is 0 Å². The molecule has 0 bridgehead atoms. The van der Waals surface area contributed by atoms with Gasteiger partial charge in [-0.2, -0.15) is 0 Å². The Morgan fingerprint density at radius 3 is 3.22 bits per heavy atom. The number of nitrogens with zero attached hydrogens (tertiary/aromatic N) is 1. The van der Waals surface area contributed by atoms with Gasteiger partial charge in [-0.15, -0.1) is 0 Å². The van der Waals surface area contributed by atoms with Gasteiger partial charge in [-0.05, 0) is 37.4 Å². The number of hydrogen-bond acceptors (Lipinski definition) is 3. The van der Waals surface area contributed by atoms with E-state index in [0.717, 1.165) is 26.2 Å². The maximum atomic E-state index is 5.70. The maximum absolute atomic E-state index is 5.70. The number of nitrogens with one attached hydrogen (secondary N) is 1. The third-order valence-electron chi connectivity index (χ3n) is 3.91. The molecule has 1 N–H and O–H groups in total. The van der Waals surface area contributed by atoms with Gasteiger partial charge in [0.15, 0.2) is 0 Å². The van der Waals surface area contributed by atoms with Gasteiger partial charge in [-0.1, -0.05) is 18.2 Å². The number of hydrogen-bond donors (Lipinski definition) is 1. The fraction of sp³-hybridized carbons (Fsp3) is 0.600. The van der Waals surface area contributed by atoms with Gasteiger partial charge in [0.25, 0.3) is 0 Å². The summed E-state index contributed by atoms with van der Waals surface area (Å²) in [5.41, 5.74) is 4.26. The first kappa shape index (κ1) is 12.0. The van der Waals surface area contributed by atoms with Crippen molar-refractivity contribution in [2.75, 3.05) is 32.1 Å². The first-order valence-electron chi connectivity index (χ1n) is 6.98. The fourth-order valence-electron chi connectivity index (χ4n) is 3.03. The van der Waals surface area contributed by atoms with Crippen LogP contribution in [-0.2, 0) is 17.7 Å². The first-order chi connectivity index (χ1) is 8.83. The van der Waals surface area contributed by atoms with Gasteiger partial charge in [-0.25, -0.2) is 0 Å². The number of fused-ring (bicyclic) bond motifs is 1. The number of likely N-dealkylation sites (N-methyl/N-ethyl adjacent to an activating group) is 1. The van der Waals surface area contributed by atoms with Crippen molar-refractivity contribution in [2.24, 2.45) is 0 Å². The lowest BCUT2D eigenvalue weighted by atomic mass is 10.1. The summed E-state index contributed by atoms with van der Waals surface area (Å²) in [4.78, 5) is 2.38. The van der Waals surface area contributed by atoms with E-state index in [1.54, 1.807) is 0 Å². The molecule has 1 saturated heterocycles. The highest BCUT2D eigenvalue weighted by molar-refractivity contribution is 5.61. The molecule has 2 heterocycles. The molecule has 0 amide bonds. The molecule has 1 aromatic rings. The molecule has 1 aromatic carbocycles. The summed E-state index contributed by atoms with van der Waals surface area (Å²) in [6.07, 6.45) is 4.05. The summed E-state index contributed by atoms with van der Waals surface area (Å²) in [5.74, 6) is 0. The van der Waals surface area contributed by atoms with Crippen LogP contribution in [0.4, 0.5) is 5.69 Å². The maximum Gasteiger partial charge on any atom is 0.0702 e. The molecule has 2 aliphatic heterocycles. The van der Waals surface area contributed by atoms with E-state index in [0.29, 0.717) is 6.10 Å². The molecule has 3 rings (SSSR count). The van der Waals surface area contributed by atoms with Crippen molar-refractivity contribution >= 4 is 5.69 Å². The molecule has 3 heteroatoms. The monoisotopic (exact) mass is 246 g/mol. The van der Waals surface area contributed by atoms with Gasteiger partial charge in [0.2, 0.25) is 0 Å². The van der Waals surface area contributed by atoms with Gasteiger partial charge < -0.3 is 10.1 Å². The average molecular weight is 246 g/mol. The van der Waals surface area contributed by atoms with Crippen molar-refractivity contribution in [3.8, 4) is 0 Å². The highest BCUT2D eigenvalue weighted by Crippen LogP contribution is 2.27. The van der Waals surface area contributed by atoms with Crippen LogP contribution in [0.15, 0.2) is 18.2 Å². The number of benzene rings is 1. The first-order valence-corrected chi connectivity index (χ1v) is 6.98. The predicted molar refractivity (Wildman–Crippen MR) is 73.9 cm³/mol. The van der Waals surface area contributed by atoms with Crippen LogP contribution in [0.1, 0.15) is 24.0 Å². The Balaban J connectivity index is 1.63. The molecular weight excluding hydrogens is 224 g/mol. The van der Waals surface area contributed by atoms with E-state index >= 15 is 0 Å². The van der Waals surface area contributed by atoms with Gasteiger partial charge in [0.05, 0.1) is 6.10 Å². The molecule has 0 saturated carbocycles. The minimum Gasteiger partial charge on any atom is -0.384 e. The lowest BCUT2D eigenvalue weighted by molar-refractivity contribution is 0.0794. The van der Waals surface area contributed by atoms with E-state index in [-0.39, 0.29) is 0 Å². The predicted octanol–water partition coefficient (Wildman–Crippen LogP) is 2.27. The van der Waals surface area contributed by atoms with Crippen LogP contribution < -0.4 is 5.32 Å². The lowest BCUT2D eigenvalue weighted by Gasteiger charge is -2.21. The van der Waals surface area contributed by atoms with Crippen molar-refractivity contribution in [1.82, 2.24) is 4.90 Å². The Bertz CT molecular complexity index is 413.